The van der Waals surface area contributed by atoms with Gasteiger partial charge in [-0.25, -0.2) is 0 Å². The molecule has 1 saturated carbocycles. The topological polar surface area (TPSA) is 12.5 Å². The molecule has 0 spiro atoms. The average molecular weight is 171 g/mol. The lowest BCUT2D eigenvalue weighted by Gasteiger charge is -2.27. The van der Waals surface area contributed by atoms with Gasteiger partial charge in [0.2, 0.25) is 0 Å². The first kappa shape index (κ1) is 10.0. The summed E-state index contributed by atoms with van der Waals surface area (Å²) in [5.41, 5.74) is 0. The standard InChI is InChI=1S/C10H21NO/c1-8(2)12-10-7-5-6-9(10)11(3)4/h8-10H,5-7H2,1-4H3/t9?,10-/m1/s1. The second-order valence-electron chi connectivity index (χ2n) is 4.19. The minimum atomic E-state index is 0.371. The third kappa shape index (κ3) is 2.46. The molecule has 0 heterocycles. The third-order valence-corrected chi connectivity index (χ3v) is 2.53. The van der Waals surface area contributed by atoms with E-state index in [0.717, 1.165) is 0 Å². The minimum absolute atomic E-state index is 0.371. The van der Waals surface area contributed by atoms with Crippen molar-refractivity contribution in [2.75, 3.05) is 14.1 Å². The summed E-state index contributed by atoms with van der Waals surface area (Å²) in [5, 5.41) is 0. The van der Waals surface area contributed by atoms with Crippen LogP contribution in [0.5, 0.6) is 0 Å². The predicted octanol–water partition coefficient (Wildman–Crippen LogP) is 1.89. The van der Waals surface area contributed by atoms with Gasteiger partial charge in [-0.05, 0) is 47.2 Å². The Bertz CT molecular complexity index is 134. The molecule has 2 heteroatoms. The smallest absolute Gasteiger partial charge is 0.0733 e. The summed E-state index contributed by atoms with van der Waals surface area (Å²) in [5.74, 6) is 0. The van der Waals surface area contributed by atoms with Gasteiger partial charge in [-0.15, -0.1) is 0 Å². The molecule has 0 radical (unpaired) electrons. The van der Waals surface area contributed by atoms with Gasteiger partial charge >= 0.3 is 0 Å². The molecule has 1 aliphatic carbocycles. The van der Waals surface area contributed by atoms with E-state index in [-0.39, 0.29) is 0 Å². The zero-order valence-corrected chi connectivity index (χ0v) is 8.71. The van der Waals surface area contributed by atoms with Crippen molar-refractivity contribution < 1.29 is 4.74 Å². The molecule has 1 fully saturated rings. The van der Waals surface area contributed by atoms with Crippen LogP contribution in [0.15, 0.2) is 0 Å². The number of hydrogen-bond donors (Lipinski definition) is 0. The second kappa shape index (κ2) is 4.24. The zero-order chi connectivity index (χ0) is 9.14. The SMILES string of the molecule is CC(C)O[C@@H]1CCCC1N(C)C. The minimum Gasteiger partial charge on any atom is -0.374 e. The average Bonchev–Trinajstić information content (AvgIpc) is 2.33. The monoisotopic (exact) mass is 171 g/mol. The van der Waals surface area contributed by atoms with E-state index < -0.39 is 0 Å². The van der Waals surface area contributed by atoms with E-state index in [0.29, 0.717) is 18.2 Å². The molecule has 2 atom stereocenters. The number of rotatable bonds is 3. The highest BCUT2D eigenvalue weighted by atomic mass is 16.5. The maximum absolute atomic E-state index is 5.84. The number of ether oxygens (including phenoxy) is 1. The lowest BCUT2D eigenvalue weighted by atomic mass is 10.2. The molecule has 0 aliphatic heterocycles. The van der Waals surface area contributed by atoms with Crippen molar-refractivity contribution >= 4 is 0 Å². The summed E-state index contributed by atoms with van der Waals surface area (Å²) in [6, 6.07) is 0.646. The summed E-state index contributed by atoms with van der Waals surface area (Å²) in [7, 11) is 4.29. The molecule has 0 amide bonds. The van der Waals surface area contributed by atoms with E-state index in [1.54, 1.807) is 0 Å². The lowest BCUT2D eigenvalue weighted by Crippen LogP contribution is -2.37. The first-order valence-corrected chi connectivity index (χ1v) is 4.93. The summed E-state index contributed by atoms with van der Waals surface area (Å²) < 4.78 is 5.84. The highest BCUT2D eigenvalue weighted by molar-refractivity contribution is 4.84. The quantitative estimate of drug-likeness (QED) is 0.643. The van der Waals surface area contributed by atoms with E-state index in [1.165, 1.54) is 19.3 Å². The van der Waals surface area contributed by atoms with Crippen molar-refractivity contribution in [2.45, 2.75) is 51.4 Å². The summed E-state index contributed by atoms with van der Waals surface area (Å²) >= 11 is 0. The first-order valence-electron chi connectivity index (χ1n) is 4.93. The molecule has 72 valence electrons. The van der Waals surface area contributed by atoms with E-state index in [4.69, 9.17) is 4.74 Å². The Labute approximate surface area is 75.9 Å². The summed E-state index contributed by atoms with van der Waals surface area (Å²) in [6.07, 6.45) is 4.70. The number of hydrogen-bond acceptors (Lipinski definition) is 2. The van der Waals surface area contributed by atoms with Crippen LogP contribution in [-0.2, 0) is 4.74 Å². The van der Waals surface area contributed by atoms with Crippen LogP contribution >= 0.6 is 0 Å². The Hall–Kier alpha value is -0.0800. The van der Waals surface area contributed by atoms with Crippen LogP contribution in [0.3, 0.4) is 0 Å². The van der Waals surface area contributed by atoms with E-state index in [1.807, 2.05) is 0 Å². The molecular weight excluding hydrogens is 150 g/mol. The van der Waals surface area contributed by atoms with Gasteiger partial charge in [0.05, 0.1) is 12.2 Å². The van der Waals surface area contributed by atoms with Crippen LogP contribution in [0, 0.1) is 0 Å². The van der Waals surface area contributed by atoms with E-state index in [9.17, 15) is 0 Å². The first-order chi connectivity index (χ1) is 5.61. The molecule has 1 rings (SSSR count). The zero-order valence-electron chi connectivity index (χ0n) is 8.71. The van der Waals surface area contributed by atoms with Gasteiger partial charge < -0.3 is 9.64 Å². The third-order valence-electron chi connectivity index (χ3n) is 2.53. The van der Waals surface area contributed by atoms with Crippen molar-refractivity contribution in [1.29, 1.82) is 0 Å². The van der Waals surface area contributed by atoms with Gasteiger partial charge in [-0.3, -0.25) is 0 Å². The van der Waals surface area contributed by atoms with Gasteiger partial charge in [0.1, 0.15) is 0 Å². The van der Waals surface area contributed by atoms with Crippen LogP contribution in [0.4, 0.5) is 0 Å². The lowest BCUT2D eigenvalue weighted by molar-refractivity contribution is -0.0215. The second-order valence-corrected chi connectivity index (χ2v) is 4.19. The Morgan fingerprint density at radius 2 is 1.92 bits per heavy atom. The molecule has 1 unspecified atom stereocenters. The Morgan fingerprint density at radius 1 is 1.25 bits per heavy atom. The summed E-state index contributed by atoms with van der Waals surface area (Å²) in [6.45, 7) is 4.23. The normalized spacial score (nSPS) is 30.5. The van der Waals surface area contributed by atoms with Gasteiger partial charge in [0.15, 0.2) is 0 Å². The van der Waals surface area contributed by atoms with Crippen molar-refractivity contribution in [3.05, 3.63) is 0 Å². The van der Waals surface area contributed by atoms with Crippen LogP contribution in [-0.4, -0.2) is 37.2 Å². The number of nitrogens with zero attached hydrogens (tertiary/aromatic N) is 1. The van der Waals surface area contributed by atoms with E-state index >= 15 is 0 Å². The van der Waals surface area contributed by atoms with Crippen LogP contribution in [0.25, 0.3) is 0 Å². The molecule has 0 N–H and O–H groups in total. The summed E-state index contributed by atoms with van der Waals surface area (Å²) in [4.78, 5) is 2.29. The fraction of sp³-hybridized carbons (Fsp3) is 1.00. The maximum Gasteiger partial charge on any atom is 0.0733 e. The number of likely N-dealkylation sites (N-methyl/N-ethyl adjacent to an activating group) is 1. The van der Waals surface area contributed by atoms with Gasteiger partial charge in [0, 0.05) is 6.04 Å². The highest BCUT2D eigenvalue weighted by Gasteiger charge is 2.29. The molecule has 12 heavy (non-hydrogen) atoms. The van der Waals surface area contributed by atoms with E-state index in [2.05, 4.69) is 32.8 Å². The Balaban J connectivity index is 2.41. The molecule has 0 aromatic carbocycles. The van der Waals surface area contributed by atoms with Crippen molar-refractivity contribution in [3.8, 4) is 0 Å². The Morgan fingerprint density at radius 3 is 2.42 bits per heavy atom. The fourth-order valence-electron chi connectivity index (χ4n) is 2.01. The molecule has 2 nitrogen and oxygen atoms in total. The van der Waals surface area contributed by atoms with Crippen molar-refractivity contribution in [1.82, 2.24) is 4.90 Å². The van der Waals surface area contributed by atoms with Crippen molar-refractivity contribution in [2.24, 2.45) is 0 Å². The highest BCUT2D eigenvalue weighted by Crippen LogP contribution is 2.26. The van der Waals surface area contributed by atoms with Crippen LogP contribution in [0.1, 0.15) is 33.1 Å². The molecule has 0 aromatic heterocycles. The van der Waals surface area contributed by atoms with Gasteiger partial charge in [-0.2, -0.15) is 0 Å². The van der Waals surface area contributed by atoms with Crippen molar-refractivity contribution in [3.63, 3.8) is 0 Å². The largest absolute Gasteiger partial charge is 0.374 e. The predicted molar refractivity (Wildman–Crippen MR) is 51.3 cm³/mol. The molecule has 1 aliphatic rings. The Kier molecular flexibility index (Phi) is 3.53. The molecule has 0 saturated heterocycles. The van der Waals surface area contributed by atoms with Gasteiger partial charge in [0.25, 0.3) is 0 Å². The fourth-order valence-corrected chi connectivity index (χ4v) is 2.01. The molecule has 0 aromatic rings. The molecular formula is C10H21NO. The van der Waals surface area contributed by atoms with Crippen LogP contribution < -0.4 is 0 Å². The van der Waals surface area contributed by atoms with Crippen LogP contribution in [0.2, 0.25) is 0 Å². The van der Waals surface area contributed by atoms with Gasteiger partial charge in [-0.1, -0.05) is 0 Å². The molecule has 0 bridgehead atoms. The maximum atomic E-state index is 5.84.